The van der Waals surface area contributed by atoms with Crippen LogP contribution in [-0.2, 0) is 19.6 Å². The number of amides is 1. The van der Waals surface area contributed by atoms with Crippen LogP contribution in [0.15, 0.2) is 29.2 Å². The molecule has 1 N–H and O–H groups in total. The number of nitrogens with zero attached hydrogens (tertiary/aromatic N) is 1. The van der Waals surface area contributed by atoms with Gasteiger partial charge in [0.2, 0.25) is 10.0 Å². The predicted octanol–water partition coefficient (Wildman–Crippen LogP) is 2.96. The highest BCUT2D eigenvalue weighted by atomic mass is 32.2. The van der Waals surface area contributed by atoms with E-state index in [-0.39, 0.29) is 22.4 Å². The third-order valence-electron chi connectivity index (χ3n) is 5.82. The average molecular weight is 425 g/mol. The smallest absolute Gasteiger partial charge is 0.328 e. The second-order valence-corrected chi connectivity index (χ2v) is 9.70. The zero-order chi connectivity index (χ0) is 21.6. The molecule has 1 aromatic carbocycles. The number of carbonyl (C=O) groups excluding carboxylic acids is 2. The highest BCUT2D eigenvalue weighted by Crippen LogP contribution is 2.26. The molecular weight excluding hydrogens is 392 g/mol. The van der Waals surface area contributed by atoms with Crippen molar-refractivity contribution in [2.45, 2.75) is 69.4 Å². The van der Waals surface area contributed by atoms with Crippen LogP contribution >= 0.6 is 0 Å². The SMILES string of the molecule is CC[C@H](C)[C@@H](NC(=O)c1cccc(S(=O)(=O)N(C)C2CCCCC2)c1)C(=O)OC. The van der Waals surface area contributed by atoms with E-state index < -0.39 is 27.9 Å². The van der Waals surface area contributed by atoms with Crippen LogP contribution in [0.1, 0.15) is 62.7 Å². The summed E-state index contributed by atoms with van der Waals surface area (Å²) in [5.41, 5.74) is 0.195. The second kappa shape index (κ2) is 10.2. The van der Waals surface area contributed by atoms with Gasteiger partial charge in [-0.25, -0.2) is 13.2 Å². The lowest BCUT2D eigenvalue weighted by molar-refractivity contribution is -0.144. The van der Waals surface area contributed by atoms with Crippen LogP contribution in [0.25, 0.3) is 0 Å². The lowest BCUT2D eigenvalue weighted by Crippen LogP contribution is -2.45. The summed E-state index contributed by atoms with van der Waals surface area (Å²) < 4.78 is 32.3. The number of hydrogen-bond donors (Lipinski definition) is 1. The summed E-state index contributed by atoms with van der Waals surface area (Å²) in [7, 11) is -0.822. The van der Waals surface area contributed by atoms with E-state index in [1.54, 1.807) is 19.2 Å². The predicted molar refractivity (Wildman–Crippen MR) is 111 cm³/mol. The minimum Gasteiger partial charge on any atom is -0.467 e. The molecule has 0 aromatic heterocycles. The van der Waals surface area contributed by atoms with Gasteiger partial charge < -0.3 is 10.1 Å². The van der Waals surface area contributed by atoms with E-state index in [4.69, 9.17) is 4.74 Å². The number of esters is 1. The first-order valence-electron chi connectivity index (χ1n) is 10.2. The quantitative estimate of drug-likeness (QED) is 0.648. The largest absolute Gasteiger partial charge is 0.467 e. The fraction of sp³-hybridized carbons (Fsp3) is 0.619. The Morgan fingerprint density at radius 2 is 1.90 bits per heavy atom. The van der Waals surface area contributed by atoms with E-state index in [0.29, 0.717) is 6.42 Å². The Kier molecular flexibility index (Phi) is 8.22. The number of hydrogen-bond acceptors (Lipinski definition) is 5. The van der Waals surface area contributed by atoms with Crippen molar-refractivity contribution >= 4 is 21.9 Å². The van der Waals surface area contributed by atoms with Gasteiger partial charge in [0.25, 0.3) is 5.91 Å². The highest BCUT2D eigenvalue weighted by molar-refractivity contribution is 7.89. The first-order chi connectivity index (χ1) is 13.7. The maximum Gasteiger partial charge on any atom is 0.328 e. The van der Waals surface area contributed by atoms with Crippen molar-refractivity contribution in [3.8, 4) is 0 Å². The molecule has 29 heavy (non-hydrogen) atoms. The first kappa shape index (κ1) is 23.3. The molecule has 0 unspecified atom stereocenters. The van der Waals surface area contributed by atoms with E-state index in [9.17, 15) is 18.0 Å². The lowest BCUT2D eigenvalue weighted by atomic mass is 9.96. The van der Waals surface area contributed by atoms with Crippen LogP contribution in [-0.4, -0.2) is 50.8 Å². The van der Waals surface area contributed by atoms with Crippen molar-refractivity contribution in [1.29, 1.82) is 0 Å². The van der Waals surface area contributed by atoms with Gasteiger partial charge in [-0.05, 0) is 37.0 Å². The molecule has 1 amide bonds. The number of sulfonamides is 1. The molecule has 0 aliphatic heterocycles. The number of ether oxygens (including phenoxy) is 1. The maximum atomic E-state index is 13.1. The summed E-state index contributed by atoms with van der Waals surface area (Å²) in [4.78, 5) is 24.8. The van der Waals surface area contributed by atoms with Crippen molar-refractivity contribution in [2.24, 2.45) is 5.92 Å². The van der Waals surface area contributed by atoms with Crippen LogP contribution in [0, 0.1) is 5.92 Å². The molecule has 2 rings (SSSR count). The molecule has 8 heteroatoms. The van der Waals surface area contributed by atoms with Gasteiger partial charge >= 0.3 is 5.97 Å². The van der Waals surface area contributed by atoms with E-state index in [1.165, 1.54) is 23.5 Å². The minimum atomic E-state index is -3.70. The van der Waals surface area contributed by atoms with Crippen molar-refractivity contribution in [3.63, 3.8) is 0 Å². The zero-order valence-electron chi connectivity index (χ0n) is 17.7. The van der Waals surface area contributed by atoms with Gasteiger partial charge in [0.15, 0.2) is 0 Å². The third-order valence-corrected chi connectivity index (χ3v) is 7.72. The Balaban J connectivity index is 2.23. The van der Waals surface area contributed by atoms with Crippen LogP contribution in [0.2, 0.25) is 0 Å². The molecule has 2 atom stereocenters. The van der Waals surface area contributed by atoms with Crippen LogP contribution in [0.3, 0.4) is 0 Å². The van der Waals surface area contributed by atoms with Gasteiger partial charge in [-0.1, -0.05) is 45.6 Å². The molecule has 0 heterocycles. The monoisotopic (exact) mass is 424 g/mol. The fourth-order valence-electron chi connectivity index (χ4n) is 3.63. The Hall–Kier alpha value is -1.93. The van der Waals surface area contributed by atoms with Crippen LogP contribution in [0.5, 0.6) is 0 Å². The van der Waals surface area contributed by atoms with Crippen molar-refractivity contribution in [2.75, 3.05) is 14.2 Å². The van der Waals surface area contributed by atoms with Gasteiger partial charge in [-0.2, -0.15) is 4.31 Å². The average Bonchev–Trinajstić information content (AvgIpc) is 2.76. The van der Waals surface area contributed by atoms with Gasteiger partial charge in [0.1, 0.15) is 6.04 Å². The number of rotatable bonds is 8. The van der Waals surface area contributed by atoms with Gasteiger partial charge in [-0.15, -0.1) is 0 Å². The molecule has 0 saturated heterocycles. The molecule has 162 valence electrons. The molecular formula is C21H32N2O5S. The minimum absolute atomic E-state index is 0.0136. The molecule has 1 aliphatic carbocycles. The number of benzene rings is 1. The topological polar surface area (TPSA) is 92.8 Å². The van der Waals surface area contributed by atoms with Crippen LogP contribution < -0.4 is 5.32 Å². The molecule has 0 radical (unpaired) electrons. The number of methoxy groups -OCH3 is 1. The van der Waals surface area contributed by atoms with Gasteiger partial charge in [0, 0.05) is 18.7 Å². The molecule has 0 spiro atoms. The summed E-state index contributed by atoms with van der Waals surface area (Å²) in [6.45, 7) is 3.77. The Bertz CT molecular complexity index is 818. The standard InChI is InChI=1S/C21H32N2O5S/c1-5-15(2)19(21(25)28-4)22-20(24)16-10-9-13-18(14-16)29(26,27)23(3)17-11-7-6-8-12-17/h9-10,13-15,17,19H,5-8,11-12H2,1-4H3,(H,22,24)/t15-,19+/m0/s1. The Labute approximate surface area is 173 Å². The summed E-state index contributed by atoms with van der Waals surface area (Å²) in [5, 5.41) is 2.68. The Morgan fingerprint density at radius 1 is 1.24 bits per heavy atom. The number of nitrogens with one attached hydrogen (secondary N) is 1. The fourth-order valence-corrected chi connectivity index (χ4v) is 5.09. The van der Waals surface area contributed by atoms with E-state index in [1.807, 2.05) is 13.8 Å². The van der Waals surface area contributed by atoms with Gasteiger partial charge in [-0.3, -0.25) is 4.79 Å². The molecule has 7 nitrogen and oxygen atoms in total. The molecule has 1 aliphatic rings. The Morgan fingerprint density at radius 3 is 2.48 bits per heavy atom. The third kappa shape index (κ3) is 5.57. The van der Waals surface area contributed by atoms with Crippen molar-refractivity contribution in [1.82, 2.24) is 9.62 Å². The normalized spacial score (nSPS) is 17.6. The van der Waals surface area contributed by atoms with Gasteiger partial charge in [0.05, 0.1) is 12.0 Å². The van der Waals surface area contributed by atoms with E-state index in [2.05, 4.69) is 5.32 Å². The first-order valence-corrected chi connectivity index (χ1v) is 11.6. The zero-order valence-corrected chi connectivity index (χ0v) is 18.5. The highest BCUT2D eigenvalue weighted by Gasteiger charge is 2.30. The molecule has 1 aromatic rings. The summed E-state index contributed by atoms with van der Waals surface area (Å²) in [6, 6.07) is 5.16. The number of carbonyl (C=O) groups is 2. The van der Waals surface area contributed by atoms with E-state index >= 15 is 0 Å². The summed E-state index contributed by atoms with van der Waals surface area (Å²) in [6.07, 6.45) is 5.57. The van der Waals surface area contributed by atoms with Crippen molar-refractivity contribution in [3.05, 3.63) is 29.8 Å². The summed E-state index contributed by atoms with van der Waals surface area (Å²) in [5.74, 6) is -1.14. The van der Waals surface area contributed by atoms with E-state index in [0.717, 1.165) is 32.1 Å². The summed E-state index contributed by atoms with van der Waals surface area (Å²) >= 11 is 0. The lowest BCUT2D eigenvalue weighted by Gasteiger charge is -2.30. The second-order valence-electron chi connectivity index (χ2n) is 7.70. The van der Waals surface area contributed by atoms with Crippen LogP contribution in [0.4, 0.5) is 0 Å². The maximum absolute atomic E-state index is 13.1. The van der Waals surface area contributed by atoms with Crippen molar-refractivity contribution < 1.29 is 22.7 Å². The molecule has 1 fully saturated rings. The molecule has 1 saturated carbocycles. The molecule has 0 bridgehead atoms.